The Kier molecular flexibility index (Phi) is 4.52. The Morgan fingerprint density at radius 3 is 2.67 bits per heavy atom. The largest absolute Gasteiger partial charge is 0.391 e. The fraction of sp³-hybridized carbons (Fsp3) is 0.455. The van der Waals surface area contributed by atoms with E-state index < -0.39 is 24.5 Å². The zero-order valence-electron chi connectivity index (χ0n) is 10.0. The fourth-order valence-electron chi connectivity index (χ4n) is 1.40. The van der Waals surface area contributed by atoms with Gasteiger partial charge < -0.3 is 10.6 Å². The van der Waals surface area contributed by atoms with E-state index in [-0.39, 0.29) is 5.69 Å². The molecule has 18 heavy (non-hydrogen) atoms. The van der Waals surface area contributed by atoms with Crippen molar-refractivity contribution in [2.24, 2.45) is 0 Å². The number of carbonyl (C=O) groups excluding carboxylic acids is 1. The average molecular weight is 261 g/mol. The van der Waals surface area contributed by atoms with E-state index in [1.807, 2.05) is 0 Å². The van der Waals surface area contributed by atoms with Crippen LogP contribution in [0.5, 0.6) is 0 Å². The van der Waals surface area contributed by atoms with Gasteiger partial charge >= 0.3 is 6.18 Å². The lowest BCUT2D eigenvalue weighted by Crippen LogP contribution is -2.36. The average Bonchev–Trinajstić information content (AvgIpc) is 2.26. The Bertz CT molecular complexity index is 420. The van der Waals surface area contributed by atoms with Gasteiger partial charge in [-0.25, -0.2) is 4.98 Å². The molecular formula is C11H14F3N3O. The highest BCUT2D eigenvalue weighted by molar-refractivity contribution is 5.92. The van der Waals surface area contributed by atoms with E-state index in [9.17, 15) is 18.0 Å². The quantitative estimate of drug-likeness (QED) is 0.873. The van der Waals surface area contributed by atoms with Crippen molar-refractivity contribution < 1.29 is 18.0 Å². The first-order valence-corrected chi connectivity index (χ1v) is 5.34. The van der Waals surface area contributed by atoms with Gasteiger partial charge in [-0.3, -0.25) is 4.79 Å². The molecule has 0 spiro atoms. The molecule has 0 aliphatic heterocycles. The van der Waals surface area contributed by atoms with Gasteiger partial charge in [0.15, 0.2) is 0 Å². The number of nitrogens with one attached hydrogen (secondary N) is 2. The molecule has 0 aliphatic carbocycles. The number of halogens is 3. The highest BCUT2D eigenvalue weighted by Gasteiger charge is 2.30. The standard InChI is InChI=1S/C11H14F3N3O/c1-7(6-11(12,13)14)16-10(18)8-4-3-5-9(15-2)17-8/h3-5,7H,6H2,1-2H3,(H,15,17)(H,16,18). The van der Waals surface area contributed by atoms with Gasteiger partial charge in [-0.2, -0.15) is 13.2 Å². The van der Waals surface area contributed by atoms with Gasteiger partial charge in [0.2, 0.25) is 0 Å². The second-order valence-corrected chi connectivity index (χ2v) is 3.85. The highest BCUT2D eigenvalue weighted by atomic mass is 19.4. The molecule has 0 radical (unpaired) electrons. The topological polar surface area (TPSA) is 54.0 Å². The minimum atomic E-state index is -4.30. The number of pyridine rings is 1. The van der Waals surface area contributed by atoms with Gasteiger partial charge in [0.05, 0.1) is 6.42 Å². The predicted molar refractivity (Wildman–Crippen MR) is 61.4 cm³/mol. The van der Waals surface area contributed by atoms with Gasteiger partial charge in [0, 0.05) is 13.1 Å². The first-order valence-electron chi connectivity index (χ1n) is 5.34. The molecule has 7 heteroatoms. The maximum Gasteiger partial charge on any atom is 0.391 e. The van der Waals surface area contributed by atoms with Crippen LogP contribution < -0.4 is 10.6 Å². The molecule has 1 unspecified atom stereocenters. The van der Waals surface area contributed by atoms with E-state index in [4.69, 9.17) is 0 Å². The summed E-state index contributed by atoms with van der Waals surface area (Å²) in [5, 5.41) is 5.00. The van der Waals surface area contributed by atoms with Gasteiger partial charge in [-0.1, -0.05) is 6.07 Å². The lowest BCUT2D eigenvalue weighted by Gasteiger charge is -2.15. The summed E-state index contributed by atoms with van der Waals surface area (Å²) in [6, 6.07) is 3.70. The maximum atomic E-state index is 12.1. The SMILES string of the molecule is CNc1cccc(C(=O)NC(C)CC(F)(F)F)n1. The molecule has 1 rings (SSSR count). The summed E-state index contributed by atoms with van der Waals surface area (Å²) in [6.07, 6.45) is -5.36. The van der Waals surface area contributed by atoms with Crippen LogP contribution in [0, 0.1) is 0 Å². The van der Waals surface area contributed by atoms with E-state index in [0.717, 1.165) is 0 Å². The number of rotatable bonds is 4. The fourth-order valence-corrected chi connectivity index (χ4v) is 1.40. The number of nitrogens with zero attached hydrogens (tertiary/aromatic N) is 1. The normalized spacial score (nSPS) is 12.9. The highest BCUT2D eigenvalue weighted by Crippen LogP contribution is 2.21. The summed E-state index contributed by atoms with van der Waals surface area (Å²) in [5.41, 5.74) is 0.0795. The van der Waals surface area contributed by atoms with Crippen molar-refractivity contribution in [2.45, 2.75) is 25.6 Å². The third-order valence-corrected chi connectivity index (χ3v) is 2.15. The Labute approximate surface area is 103 Å². The second-order valence-electron chi connectivity index (χ2n) is 3.85. The maximum absolute atomic E-state index is 12.1. The van der Waals surface area contributed by atoms with Gasteiger partial charge in [0.25, 0.3) is 5.91 Å². The molecule has 1 atom stereocenters. The molecule has 0 aromatic carbocycles. The van der Waals surface area contributed by atoms with Crippen molar-refractivity contribution in [3.63, 3.8) is 0 Å². The van der Waals surface area contributed by atoms with Crippen molar-refractivity contribution in [1.29, 1.82) is 0 Å². The summed E-state index contributed by atoms with van der Waals surface area (Å²) in [5.74, 6) is -0.144. The van der Waals surface area contributed by atoms with Crippen LogP contribution in [-0.4, -0.2) is 30.2 Å². The van der Waals surface area contributed by atoms with Crippen LogP contribution in [0.25, 0.3) is 0 Å². The zero-order chi connectivity index (χ0) is 13.8. The lowest BCUT2D eigenvalue weighted by molar-refractivity contribution is -0.138. The zero-order valence-corrected chi connectivity index (χ0v) is 10.0. The van der Waals surface area contributed by atoms with Crippen LogP contribution in [0.2, 0.25) is 0 Å². The summed E-state index contributed by atoms with van der Waals surface area (Å²) in [6.45, 7) is 1.30. The monoisotopic (exact) mass is 261 g/mol. The first-order chi connectivity index (χ1) is 8.31. The number of aromatic nitrogens is 1. The number of hydrogen-bond acceptors (Lipinski definition) is 3. The number of hydrogen-bond donors (Lipinski definition) is 2. The summed E-state index contributed by atoms with van der Waals surface area (Å²) in [7, 11) is 1.64. The first kappa shape index (κ1) is 14.3. The summed E-state index contributed by atoms with van der Waals surface area (Å²) in [4.78, 5) is 15.6. The van der Waals surface area contributed by atoms with Crippen molar-refractivity contribution in [3.8, 4) is 0 Å². The van der Waals surface area contributed by atoms with Crippen LogP contribution >= 0.6 is 0 Å². The third-order valence-electron chi connectivity index (χ3n) is 2.15. The predicted octanol–water partition coefficient (Wildman–Crippen LogP) is 2.19. The number of amides is 1. The Hall–Kier alpha value is -1.79. The van der Waals surface area contributed by atoms with Gasteiger partial charge in [-0.05, 0) is 19.1 Å². The van der Waals surface area contributed by atoms with Crippen LogP contribution in [0.4, 0.5) is 19.0 Å². The van der Waals surface area contributed by atoms with E-state index in [1.54, 1.807) is 19.2 Å². The van der Waals surface area contributed by atoms with Crippen molar-refractivity contribution in [3.05, 3.63) is 23.9 Å². The van der Waals surface area contributed by atoms with E-state index in [1.165, 1.54) is 13.0 Å². The molecule has 1 heterocycles. The molecule has 2 N–H and O–H groups in total. The summed E-state index contributed by atoms with van der Waals surface area (Å²) >= 11 is 0. The second kappa shape index (κ2) is 5.70. The molecular weight excluding hydrogens is 247 g/mol. The Morgan fingerprint density at radius 2 is 2.11 bits per heavy atom. The van der Waals surface area contributed by atoms with Crippen LogP contribution in [-0.2, 0) is 0 Å². The minimum absolute atomic E-state index is 0.0795. The van der Waals surface area contributed by atoms with Crippen molar-refractivity contribution in [1.82, 2.24) is 10.3 Å². The third kappa shape index (κ3) is 4.60. The van der Waals surface area contributed by atoms with Crippen LogP contribution in [0.1, 0.15) is 23.8 Å². The molecule has 0 saturated carbocycles. The molecule has 0 bridgehead atoms. The van der Waals surface area contributed by atoms with Crippen molar-refractivity contribution >= 4 is 11.7 Å². The molecule has 0 aliphatic rings. The van der Waals surface area contributed by atoms with E-state index >= 15 is 0 Å². The van der Waals surface area contributed by atoms with Crippen LogP contribution in [0.3, 0.4) is 0 Å². The smallest absolute Gasteiger partial charge is 0.373 e. The van der Waals surface area contributed by atoms with Gasteiger partial charge in [0.1, 0.15) is 11.5 Å². The van der Waals surface area contributed by atoms with E-state index in [2.05, 4.69) is 15.6 Å². The Morgan fingerprint density at radius 1 is 1.44 bits per heavy atom. The number of alkyl halides is 3. The molecule has 4 nitrogen and oxygen atoms in total. The van der Waals surface area contributed by atoms with Crippen LogP contribution in [0.15, 0.2) is 18.2 Å². The molecule has 100 valence electrons. The molecule has 1 aromatic heterocycles. The molecule has 1 aromatic rings. The van der Waals surface area contributed by atoms with Crippen molar-refractivity contribution in [2.75, 3.05) is 12.4 Å². The Balaban J connectivity index is 2.64. The number of anilines is 1. The van der Waals surface area contributed by atoms with Gasteiger partial charge in [-0.15, -0.1) is 0 Å². The number of carbonyl (C=O) groups is 1. The van der Waals surface area contributed by atoms with E-state index in [0.29, 0.717) is 5.82 Å². The lowest BCUT2D eigenvalue weighted by atomic mass is 10.2. The minimum Gasteiger partial charge on any atom is -0.373 e. The molecule has 1 amide bonds. The molecule has 0 saturated heterocycles. The molecule has 0 fully saturated rings. The summed E-state index contributed by atoms with van der Waals surface area (Å²) < 4.78 is 36.3.